The first-order valence-electron chi connectivity index (χ1n) is 7.01. The van der Waals surface area contributed by atoms with E-state index in [2.05, 4.69) is 23.1 Å². The van der Waals surface area contributed by atoms with Gasteiger partial charge < -0.3 is 4.74 Å². The van der Waals surface area contributed by atoms with Gasteiger partial charge in [-0.05, 0) is 30.7 Å². The van der Waals surface area contributed by atoms with Gasteiger partial charge in [-0.25, -0.2) is 14.5 Å². The third kappa shape index (κ3) is 1.90. The molecule has 0 atom stereocenters. The van der Waals surface area contributed by atoms with Gasteiger partial charge >= 0.3 is 0 Å². The largest absolute Gasteiger partial charge is 0.497 e. The van der Waals surface area contributed by atoms with Crippen LogP contribution in [0.15, 0.2) is 48.8 Å². The smallest absolute Gasteiger partial charge is 0.182 e. The second kappa shape index (κ2) is 4.80. The fourth-order valence-corrected chi connectivity index (χ4v) is 2.63. The molecule has 0 radical (unpaired) electrons. The molecule has 2 heterocycles. The number of benzene rings is 2. The fraction of sp³-hybridized carbons (Fsp3) is 0.118. The van der Waals surface area contributed by atoms with Gasteiger partial charge in [-0.2, -0.15) is 0 Å². The van der Waals surface area contributed by atoms with Gasteiger partial charge in [0, 0.05) is 10.9 Å². The summed E-state index contributed by atoms with van der Waals surface area (Å²) in [4.78, 5) is 9.15. The zero-order chi connectivity index (χ0) is 15.1. The summed E-state index contributed by atoms with van der Waals surface area (Å²) in [7, 11) is 1.65. The minimum atomic E-state index is 0.663. The number of ether oxygens (including phenoxy) is 1. The Morgan fingerprint density at radius 1 is 1.09 bits per heavy atom. The summed E-state index contributed by atoms with van der Waals surface area (Å²) < 4.78 is 6.99. The van der Waals surface area contributed by atoms with E-state index in [0.29, 0.717) is 5.82 Å². The molecular weight excluding hydrogens is 276 g/mol. The molecule has 0 bridgehead atoms. The van der Waals surface area contributed by atoms with Crippen LogP contribution in [0.2, 0.25) is 0 Å². The van der Waals surface area contributed by atoms with Crippen molar-refractivity contribution >= 4 is 16.6 Å². The molecule has 2 aromatic carbocycles. The third-order valence-corrected chi connectivity index (χ3v) is 3.74. The third-order valence-electron chi connectivity index (χ3n) is 3.74. The highest BCUT2D eigenvalue weighted by Gasteiger charge is 2.11. The van der Waals surface area contributed by atoms with Crippen molar-refractivity contribution in [2.24, 2.45) is 0 Å². The number of rotatable bonds is 2. The molecule has 0 aliphatic carbocycles. The molecule has 108 valence electrons. The molecule has 4 aromatic rings. The molecule has 5 nitrogen and oxygen atoms in total. The monoisotopic (exact) mass is 290 g/mol. The zero-order valence-electron chi connectivity index (χ0n) is 12.3. The maximum atomic E-state index is 5.27. The normalized spacial score (nSPS) is 11.2. The first-order chi connectivity index (χ1) is 10.8. The van der Waals surface area contributed by atoms with Crippen LogP contribution in [0.4, 0.5) is 0 Å². The quantitative estimate of drug-likeness (QED) is 0.568. The van der Waals surface area contributed by atoms with Crippen molar-refractivity contribution in [1.29, 1.82) is 0 Å². The van der Waals surface area contributed by atoms with Gasteiger partial charge in [0.05, 0.1) is 12.6 Å². The molecule has 2 aromatic heterocycles. The summed E-state index contributed by atoms with van der Waals surface area (Å²) in [5.74, 6) is 1.45. The summed E-state index contributed by atoms with van der Waals surface area (Å²) in [6.07, 6.45) is 1.70. The number of nitrogens with zero attached hydrogens (tertiary/aromatic N) is 4. The summed E-state index contributed by atoms with van der Waals surface area (Å²) in [5, 5.41) is 5.57. The van der Waals surface area contributed by atoms with Crippen molar-refractivity contribution in [2.75, 3.05) is 7.11 Å². The second-order valence-electron chi connectivity index (χ2n) is 5.15. The van der Waals surface area contributed by atoms with Gasteiger partial charge in [-0.1, -0.05) is 24.3 Å². The van der Waals surface area contributed by atoms with Gasteiger partial charge in [0.2, 0.25) is 0 Å². The number of fused-ring (bicyclic) bond motifs is 3. The van der Waals surface area contributed by atoms with E-state index in [0.717, 1.165) is 33.4 Å². The van der Waals surface area contributed by atoms with Crippen LogP contribution < -0.4 is 4.74 Å². The van der Waals surface area contributed by atoms with Crippen molar-refractivity contribution < 1.29 is 4.74 Å². The Bertz CT molecular complexity index is 990. The predicted molar refractivity (Wildman–Crippen MR) is 85.0 cm³/mol. The fourth-order valence-electron chi connectivity index (χ4n) is 2.63. The Balaban J connectivity index is 1.99. The van der Waals surface area contributed by atoms with Crippen LogP contribution in [0.1, 0.15) is 5.56 Å². The SMILES string of the molecule is COc1cccc(-c2nc3c4c(C)cccc4ncn3n2)c1. The van der Waals surface area contributed by atoms with Gasteiger partial charge in [-0.15, -0.1) is 5.10 Å². The van der Waals surface area contributed by atoms with Crippen molar-refractivity contribution in [3.8, 4) is 17.1 Å². The van der Waals surface area contributed by atoms with E-state index >= 15 is 0 Å². The van der Waals surface area contributed by atoms with E-state index in [1.165, 1.54) is 0 Å². The average molecular weight is 290 g/mol. The van der Waals surface area contributed by atoms with Crippen LogP contribution in [0.25, 0.3) is 27.9 Å². The Morgan fingerprint density at radius 3 is 2.82 bits per heavy atom. The Labute approximate surface area is 127 Å². The standard InChI is InChI=1S/C17H14N4O/c1-11-5-3-8-14-15(11)17-19-16(20-21(17)10-18-14)12-6-4-7-13(9-12)22-2/h3-10H,1-2H3. The van der Waals surface area contributed by atoms with Crippen LogP contribution in [-0.2, 0) is 0 Å². The summed E-state index contributed by atoms with van der Waals surface area (Å²) in [5.41, 5.74) is 3.81. The molecule has 0 aliphatic heterocycles. The van der Waals surface area contributed by atoms with Crippen molar-refractivity contribution in [3.63, 3.8) is 0 Å². The van der Waals surface area contributed by atoms with Crippen molar-refractivity contribution in [1.82, 2.24) is 19.6 Å². The molecule has 22 heavy (non-hydrogen) atoms. The Kier molecular flexibility index (Phi) is 2.79. The first-order valence-corrected chi connectivity index (χ1v) is 7.01. The predicted octanol–water partition coefficient (Wildman–Crippen LogP) is 3.26. The molecule has 5 heteroatoms. The van der Waals surface area contributed by atoms with Crippen LogP contribution in [0.3, 0.4) is 0 Å². The zero-order valence-corrected chi connectivity index (χ0v) is 12.3. The van der Waals surface area contributed by atoms with Crippen LogP contribution in [-0.4, -0.2) is 26.7 Å². The van der Waals surface area contributed by atoms with Gasteiger partial charge in [0.15, 0.2) is 11.5 Å². The molecule has 0 fully saturated rings. The number of aromatic nitrogens is 4. The van der Waals surface area contributed by atoms with E-state index < -0.39 is 0 Å². The molecule has 0 saturated heterocycles. The van der Waals surface area contributed by atoms with E-state index in [-0.39, 0.29) is 0 Å². The minimum Gasteiger partial charge on any atom is -0.497 e. The van der Waals surface area contributed by atoms with Crippen LogP contribution in [0, 0.1) is 6.92 Å². The lowest BCUT2D eigenvalue weighted by molar-refractivity contribution is 0.415. The number of hydrogen-bond donors (Lipinski definition) is 0. The van der Waals surface area contributed by atoms with Crippen molar-refractivity contribution in [3.05, 3.63) is 54.4 Å². The van der Waals surface area contributed by atoms with E-state index in [1.807, 2.05) is 36.4 Å². The maximum Gasteiger partial charge on any atom is 0.182 e. The van der Waals surface area contributed by atoms with Gasteiger partial charge in [-0.3, -0.25) is 0 Å². The molecule has 0 N–H and O–H groups in total. The Hall–Kier alpha value is -2.95. The minimum absolute atomic E-state index is 0.663. The maximum absolute atomic E-state index is 5.27. The second-order valence-corrected chi connectivity index (χ2v) is 5.15. The topological polar surface area (TPSA) is 52.3 Å². The highest BCUT2D eigenvalue weighted by atomic mass is 16.5. The molecule has 0 spiro atoms. The first kappa shape index (κ1) is 12.8. The molecule has 0 unspecified atom stereocenters. The average Bonchev–Trinajstić information content (AvgIpc) is 2.99. The van der Waals surface area contributed by atoms with Gasteiger partial charge in [0.25, 0.3) is 0 Å². The van der Waals surface area contributed by atoms with Crippen LogP contribution in [0.5, 0.6) is 5.75 Å². The number of aryl methyl sites for hydroxylation is 1. The van der Waals surface area contributed by atoms with Crippen LogP contribution >= 0.6 is 0 Å². The molecule has 0 aliphatic rings. The Morgan fingerprint density at radius 2 is 1.95 bits per heavy atom. The highest BCUT2D eigenvalue weighted by Crippen LogP contribution is 2.25. The molecule has 0 amide bonds. The van der Waals surface area contributed by atoms with Gasteiger partial charge in [0.1, 0.15) is 12.1 Å². The lowest BCUT2D eigenvalue weighted by Gasteiger charge is -2.01. The summed E-state index contributed by atoms with van der Waals surface area (Å²) >= 11 is 0. The molecule has 4 rings (SSSR count). The lowest BCUT2D eigenvalue weighted by atomic mass is 10.1. The molecular formula is C17H14N4O. The van der Waals surface area contributed by atoms with E-state index in [1.54, 1.807) is 18.0 Å². The van der Waals surface area contributed by atoms with E-state index in [9.17, 15) is 0 Å². The molecule has 0 saturated carbocycles. The van der Waals surface area contributed by atoms with E-state index in [4.69, 9.17) is 9.72 Å². The van der Waals surface area contributed by atoms with Crippen molar-refractivity contribution in [2.45, 2.75) is 6.92 Å². The number of methoxy groups -OCH3 is 1. The summed E-state index contributed by atoms with van der Waals surface area (Å²) in [6.45, 7) is 2.06. The summed E-state index contributed by atoms with van der Waals surface area (Å²) in [6, 6.07) is 13.8. The lowest BCUT2D eigenvalue weighted by Crippen LogP contribution is -1.92. The highest BCUT2D eigenvalue weighted by molar-refractivity contribution is 5.94. The number of hydrogen-bond acceptors (Lipinski definition) is 4.